The zero-order chi connectivity index (χ0) is 24.7. The highest BCUT2D eigenvalue weighted by Gasteiger charge is 2.12. The number of unbranched alkanes of at least 4 members (excludes halogenated alkanes) is 8. The van der Waals surface area contributed by atoms with Gasteiger partial charge in [-0.1, -0.05) is 94.7 Å². The van der Waals surface area contributed by atoms with Crippen LogP contribution in [0.25, 0.3) is 10.8 Å². The van der Waals surface area contributed by atoms with Gasteiger partial charge in [0.05, 0.1) is 11.8 Å². The molecule has 1 amide bonds. The Bertz CT molecular complexity index is 1100. The predicted molar refractivity (Wildman–Crippen MR) is 143 cm³/mol. The second-order valence-electron chi connectivity index (χ2n) is 8.86. The van der Waals surface area contributed by atoms with Crippen LogP contribution in [0.15, 0.2) is 71.8 Å². The summed E-state index contributed by atoms with van der Waals surface area (Å²) in [4.78, 5) is 24.6. The van der Waals surface area contributed by atoms with Gasteiger partial charge in [0.1, 0.15) is 5.75 Å². The van der Waals surface area contributed by atoms with Crippen molar-refractivity contribution in [3.05, 3.63) is 77.9 Å². The molecule has 3 aromatic rings. The number of hydrazone groups is 1. The Labute approximate surface area is 208 Å². The second-order valence-corrected chi connectivity index (χ2v) is 8.86. The van der Waals surface area contributed by atoms with Crippen LogP contribution in [0.1, 0.15) is 87.1 Å². The van der Waals surface area contributed by atoms with Crippen LogP contribution in [0.2, 0.25) is 0 Å². The van der Waals surface area contributed by atoms with E-state index < -0.39 is 5.97 Å². The SMILES string of the molecule is CCCCCCCCCCCC(=O)N/N=C\c1ccc(OC(=O)c2cccc3ccccc23)cc1. The van der Waals surface area contributed by atoms with Gasteiger partial charge in [0, 0.05) is 6.42 Å². The lowest BCUT2D eigenvalue weighted by Crippen LogP contribution is -2.16. The van der Waals surface area contributed by atoms with E-state index in [4.69, 9.17) is 4.74 Å². The molecule has 0 heterocycles. The number of ether oxygens (including phenoxy) is 1. The van der Waals surface area contributed by atoms with Crippen molar-refractivity contribution in [1.82, 2.24) is 5.43 Å². The number of nitrogens with one attached hydrogen (secondary N) is 1. The maximum absolute atomic E-state index is 12.7. The quantitative estimate of drug-likeness (QED) is 0.0872. The van der Waals surface area contributed by atoms with Gasteiger partial charge in [-0.15, -0.1) is 0 Å². The van der Waals surface area contributed by atoms with Crippen molar-refractivity contribution in [3.63, 3.8) is 0 Å². The minimum atomic E-state index is -0.396. The Morgan fingerprint density at radius 1 is 0.800 bits per heavy atom. The molecule has 0 spiro atoms. The van der Waals surface area contributed by atoms with Crippen LogP contribution in [0.3, 0.4) is 0 Å². The van der Waals surface area contributed by atoms with E-state index in [9.17, 15) is 9.59 Å². The van der Waals surface area contributed by atoms with Gasteiger partial charge < -0.3 is 4.74 Å². The van der Waals surface area contributed by atoms with Gasteiger partial charge >= 0.3 is 5.97 Å². The Hall–Kier alpha value is -3.47. The third-order valence-corrected chi connectivity index (χ3v) is 6.01. The average Bonchev–Trinajstić information content (AvgIpc) is 2.88. The molecule has 0 atom stereocenters. The first-order valence-corrected chi connectivity index (χ1v) is 12.8. The normalized spacial score (nSPS) is 11.1. The molecule has 184 valence electrons. The summed E-state index contributed by atoms with van der Waals surface area (Å²) < 4.78 is 5.55. The first-order valence-electron chi connectivity index (χ1n) is 12.8. The number of esters is 1. The molecule has 35 heavy (non-hydrogen) atoms. The van der Waals surface area contributed by atoms with E-state index in [1.54, 1.807) is 36.5 Å². The minimum absolute atomic E-state index is 0.0650. The second kappa shape index (κ2) is 14.7. The molecule has 0 aromatic heterocycles. The molecule has 0 aliphatic carbocycles. The third kappa shape index (κ3) is 9.01. The van der Waals surface area contributed by atoms with Crippen LogP contribution < -0.4 is 10.2 Å². The van der Waals surface area contributed by atoms with Gasteiger partial charge in [0.15, 0.2) is 0 Å². The van der Waals surface area contributed by atoms with Crippen molar-refractivity contribution in [2.24, 2.45) is 5.10 Å². The molecule has 1 N–H and O–H groups in total. The smallest absolute Gasteiger partial charge is 0.344 e. The highest BCUT2D eigenvalue weighted by molar-refractivity contribution is 6.05. The molecule has 0 radical (unpaired) electrons. The Kier molecular flexibility index (Phi) is 11.0. The van der Waals surface area contributed by atoms with Gasteiger partial charge in [-0.25, -0.2) is 10.2 Å². The molecule has 0 bridgehead atoms. The average molecular weight is 473 g/mol. The number of carbonyl (C=O) groups excluding carboxylic acids is 2. The lowest BCUT2D eigenvalue weighted by Gasteiger charge is -2.07. The summed E-state index contributed by atoms with van der Waals surface area (Å²) in [6.07, 6.45) is 13.1. The van der Waals surface area contributed by atoms with Crippen LogP contribution in [-0.4, -0.2) is 18.1 Å². The summed E-state index contributed by atoms with van der Waals surface area (Å²) in [6.45, 7) is 2.23. The molecule has 0 saturated carbocycles. The molecule has 3 aromatic carbocycles. The van der Waals surface area contributed by atoms with Crippen LogP contribution in [-0.2, 0) is 4.79 Å². The van der Waals surface area contributed by atoms with Crippen molar-refractivity contribution in [1.29, 1.82) is 0 Å². The number of hydrogen-bond donors (Lipinski definition) is 1. The Morgan fingerprint density at radius 3 is 2.20 bits per heavy atom. The van der Waals surface area contributed by atoms with Crippen molar-refractivity contribution in [3.8, 4) is 5.75 Å². The summed E-state index contributed by atoms with van der Waals surface area (Å²) in [7, 11) is 0. The van der Waals surface area contributed by atoms with Gasteiger partial charge in [0.2, 0.25) is 5.91 Å². The largest absolute Gasteiger partial charge is 0.423 e. The van der Waals surface area contributed by atoms with Gasteiger partial charge in [-0.2, -0.15) is 5.10 Å². The summed E-state index contributed by atoms with van der Waals surface area (Å²) in [6, 6.07) is 20.3. The lowest BCUT2D eigenvalue weighted by atomic mass is 10.0. The van der Waals surface area contributed by atoms with Crippen LogP contribution >= 0.6 is 0 Å². The fourth-order valence-corrected chi connectivity index (χ4v) is 4.02. The van der Waals surface area contributed by atoms with E-state index in [0.29, 0.717) is 17.7 Å². The number of hydrogen-bond acceptors (Lipinski definition) is 4. The molecular formula is C30H36N2O3. The lowest BCUT2D eigenvalue weighted by molar-refractivity contribution is -0.121. The molecular weight excluding hydrogens is 436 g/mol. The zero-order valence-electron chi connectivity index (χ0n) is 20.7. The maximum atomic E-state index is 12.7. The fourth-order valence-electron chi connectivity index (χ4n) is 4.02. The number of benzene rings is 3. The molecule has 5 heteroatoms. The van der Waals surface area contributed by atoms with Crippen LogP contribution in [0.5, 0.6) is 5.75 Å². The predicted octanol–water partition coefficient (Wildman–Crippen LogP) is 7.43. The molecule has 0 saturated heterocycles. The highest BCUT2D eigenvalue weighted by Crippen LogP contribution is 2.21. The van der Waals surface area contributed by atoms with E-state index in [1.807, 2.05) is 36.4 Å². The Morgan fingerprint density at radius 2 is 1.46 bits per heavy atom. The van der Waals surface area contributed by atoms with Crippen molar-refractivity contribution in [2.75, 3.05) is 0 Å². The van der Waals surface area contributed by atoms with E-state index in [2.05, 4.69) is 17.5 Å². The van der Waals surface area contributed by atoms with Crippen molar-refractivity contribution < 1.29 is 14.3 Å². The number of carbonyl (C=O) groups is 2. The highest BCUT2D eigenvalue weighted by atomic mass is 16.5. The van der Waals surface area contributed by atoms with Gasteiger partial charge in [-0.05, 0) is 53.1 Å². The molecule has 3 rings (SSSR count). The summed E-state index contributed by atoms with van der Waals surface area (Å²) in [5.74, 6) is -0.00806. The summed E-state index contributed by atoms with van der Waals surface area (Å²) >= 11 is 0. The molecule has 0 aliphatic rings. The van der Waals surface area contributed by atoms with Crippen molar-refractivity contribution >= 4 is 28.9 Å². The zero-order valence-corrected chi connectivity index (χ0v) is 20.7. The molecule has 5 nitrogen and oxygen atoms in total. The van der Waals surface area contributed by atoms with Gasteiger partial charge in [0.25, 0.3) is 0 Å². The fraction of sp³-hybridized carbons (Fsp3) is 0.367. The molecule has 0 aliphatic heterocycles. The standard InChI is InChI=1S/C30H36N2O3/c1-2-3-4-5-6-7-8-9-10-18-29(33)32-31-23-24-19-21-26(22-20-24)35-30(34)28-17-13-15-25-14-11-12-16-27(25)28/h11-17,19-23H,2-10,18H2,1H3,(H,32,33)/b31-23-. The van der Waals surface area contributed by atoms with E-state index in [-0.39, 0.29) is 5.91 Å². The topological polar surface area (TPSA) is 67.8 Å². The van der Waals surface area contributed by atoms with Crippen molar-refractivity contribution in [2.45, 2.75) is 71.1 Å². The number of amides is 1. The number of rotatable bonds is 14. The van der Waals surface area contributed by atoms with Gasteiger partial charge in [-0.3, -0.25) is 4.79 Å². The molecule has 0 unspecified atom stereocenters. The number of nitrogens with zero attached hydrogens (tertiary/aromatic N) is 1. The van der Waals surface area contributed by atoms with Crippen LogP contribution in [0, 0.1) is 0 Å². The monoisotopic (exact) mass is 472 g/mol. The number of fused-ring (bicyclic) bond motifs is 1. The first-order chi connectivity index (χ1) is 17.2. The Balaban J connectivity index is 1.36. The third-order valence-electron chi connectivity index (χ3n) is 6.01. The van der Waals surface area contributed by atoms with E-state index in [1.165, 1.54) is 44.9 Å². The minimum Gasteiger partial charge on any atom is -0.423 e. The summed E-state index contributed by atoms with van der Waals surface area (Å²) in [5.41, 5.74) is 3.92. The van der Waals surface area contributed by atoms with E-state index in [0.717, 1.165) is 29.2 Å². The first kappa shape index (κ1) is 26.1. The summed E-state index contributed by atoms with van der Waals surface area (Å²) in [5, 5.41) is 5.90. The van der Waals surface area contributed by atoms with Crippen LogP contribution in [0.4, 0.5) is 0 Å². The molecule has 0 fully saturated rings. The van der Waals surface area contributed by atoms with E-state index >= 15 is 0 Å². The maximum Gasteiger partial charge on any atom is 0.344 e.